The molecule has 0 unspecified atom stereocenters. The molecule has 0 saturated heterocycles. The van der Waals surface area contributed by atoms with Crippen LogP contribution < -0.4 is 10.5 Å². The van der Waals surface area contributed by atoms with Gasteiger partial charge in [-0.3, -0.25) is 10.1 Å². The van der Waals surface area contributed by atoms with Crippen molar-refractivity contribution >= 4 is 11.5 Å². The van der Waals surface area contributed by atoms with Crippen LogP contribution >= 0.6 is 0 Å². The molecule has 0 atom stereocenters. The highest BCUT2D eigenvalue weighted by Gasteiger charge is 2.22. The van der Waals surface area contributed by atoms with Gasteiger partial charge in [-0.2, -0.15) is 4.98 Å². The van der Waals surface area contributed by atoms with E-state index in [1.807, 2.05) is 0 Å². The second-order valence-electron chi connectivity index (χ2n) is 4.29. The van der Waals surface area contributed by atoms with E-state index < -0.39 is 4.92 Å². The number of rotatable bonds is 9. The van der Waals surface area contributed by atoms with Crippen LogP contribution in [-0.4, -0.2) is 21.5 Å². The minimum atomic E-state index is -0.619. The summed E-state index contributed by atoms with van der Waals surface area (Å²) in [7, 11) is 0. The maximum atomic E-state index is 10.8. The Bertz CT molecular complexity index is 412. The lowest BCUT2D eigenvalue weighted by Gasteiger charge is -2.06. The Morgan fingerprint density at radius 1 is 1.26 bits per heavy atom. The van der Waals surface area contributed by atoms with Gasteiger partial charge in [0.05, 0.1) is 11.5 Å². The Morgan fingerprint density at radius 2 is 1.95 bits per heavy atom. The van der Waals surface area contributed by atoms with E-state index in [1.54, 1.807) is 0 Å². The summed E-state index contributed by atoms with van der Waals surface area (Å²) in [5.41, 5.74) is 5.08. The van der Waals surface area contributed by atoms with Gasteiger partial charge in [0.15, 0.2) is 0 Å². The quantitative estimate of drug-likeness (QED) is 0.419. The normalized spacial score (nSPS) is 10.4. The summed E-state index contributed by atoms with van der Waals surface area (Å²) in [5, 5.41) is 10.8. The molecule has 0 radical (unpaired) electrons. The zero-order valence-corrected chi connectivity index (χ0v) is 11.2. The maximum Gasteiger partial charge on any atom is 0.372 e. The lowest BCUT2D eigenvalue weighted by molar-refractivity contribution is -0.385. The van der Waals surface area contributed by atoms with Crippen LogP contribution in [-0.2, 0) is 0 Å². The fraction of sp³-hybridized carbons (Fsp3) is 0.667. The average Bonchev–Trinajstić information content (AvgIpc) is 2.37. The average molecular weight is 268 g/mol. The van der Waals surface area contributed by atoms with Crippen molar-refractivity contribution in [1.82, 2.24) is 9.97 Å². The Hall–Kier alpha value is -1.92. The van der Waals surface area contributed by atoms with E-state index in [9.17, 15) is 10.1 Å². The molecule has 0 amide bonds. The molecule has 0 spiro atoms. The van der Waals surface area contributed by atoms with Gasteiger partial charge in [-0.15, -0.1) is 0 Å². The summed E-state index contributed by atoms with van der Waals surface area (Å²) >= 11 is 0. The summed E-state index contributed by atoms with van der Waals surface area (Å²) in [6.07, 6.45) is 7.90. The van der Waals surface area contributed by atoms with Crippen LogP contribution in [0, 0.1) is 10.1 Å². The number of hydrogen-bond donors (Lipinski definition) is 1. The first-order chi connectivity index (χ1) is 9.16. The van der Waals surface area contributed by atoms with Crippen molar-refractivity contribution in [3.05, 3.63) is 16.4 Å². The molecule has 0 aliphatic heterocycles. The van der Waals surface area contributed by atoms with Crippen molar-refractivity contribution in [3.8, 4) is 5.88 Å². The number of nitro groups is 1. The van der Waals surface area contributed by atoms with E-state index in [2.05, 4.69) is 16.9 Å². The van der Waals surface area contributed by atoms with Crippen molar-refractivity contribution in [3.63, 3.8) is 0 Å². The van der Waals surface area contributed by atoms with E-state index in [0.29, 0.717) is 6.61 Å². The topological polar surface area (TPSA) is 104 Å². The highest BCUT2D eigenvalue weighted by molar-refractivity contribution is 5.57. The maximum absolute atomic E-state index is 10.8. The minimum Gasteiger partial charge on any atom is -0.473 e. The van der Waals surface area contributed by atoms with Gasteiger partial charge in [0.25, 0.3) is 5.88 Å². The van der Waals surface area contributed by atoms with Gasteiger partial charge in [0, 0.05) is 0 Å². The summed E-state index contributed by atoms with van der Waals surface area (Å²) < 4.78 is 5.31. The van der Waals surface area contributed by atoms with Crippen molar-refractivity contribution in [2.24, 2.45) is 0 Å². The third-order valence-electron chi connectivity index (χ3n) is 2.74. The van der Waals surface area contributed by atoms with Crippen molar-refractivity contribution < 1.29 is 9.66 Å². The van der Waals surface area contributed by atoms with Gasteiger partial charge in [0.1, 0.15) is 6.33 Å². The molecule has 106 valence electrons. The van der Waals surface area contributed by atoms with Crippen molar-refractivity contribution in [2.75, 3.05) is 12.3 Å². The molecule has 0 bridgehead atoms. The fourth-order valence-corrected chi connectivity index (χ4v) is 1.70. The van der Waals surface area contributed by atoms with Gasteiger partial charge < -0.3 is 10.5 Å². The van der Waals surface area contributed by atoms with Gasteiger partial charge >= 0.3 is 5.69 Å². The molecule has 7 nitrogen and oxygen atoms in total. The zero-order valence-electron chi connectivity index (χ0n) is 11.2. The second kappa shape index (κ2) is 8.23. The van der Waals surface area contributed by atoms with Crippen LogP contribution in [0.5, 0.6) is 5.88 Å². The smallest absolute Gasteiger partial charge is 0.372 e. The molecule has 19 heavy (non-hydrogen) atoms. The van der Waals surface area contributed by atoms with Crippen LogP contribution in [0.15, 0.2) is 6.33 Å². The third-order valence-corrected chi connectivity index (χ3v) is 2.74. The molecule has 0 aliphatic carbocycles. The third kappa shape index (κ3) is 5.07. The van der Waals surface area contributed by atoms with E-state index >= 15 is 0 Å². The Labute approximate surface area is 112 Å². The number of nitrogens with zero attached hydrogens (tertiary/aromatic N) is 3. The van der Waals surface area contributed by atoms with E-state index in [-0.39, 0.29) is 17.4 Å². The Balaban J connectivity index is 2.37. The minimum absolute atomic E-state index is 0.0499. The molecule has 0 aromatic carbocycles. The number of aromatic nitrogens is 2. The highest BCUT2D eigenvalue weighted by atomic mass is 16.6. The molecular weight excluding hydrogens is 248 g/mol. The molecule has 7 heteroatoms. The SMILES string of the molecule is CCCCCCCCOc1ncnc(N)c1[N+](=O)[O-]. The van der Waals surface area contributed by atoms with Gasteiger partial charge in [-0.25, -0.2) is 4.98 Å². The van der Waals surface area contributed by atoms with Crippen LogP contribution in [0.2, 0.25) is 0 Å². The number of anilines is 1. The van der Waals surface area contributed by atoms with Crippen molar-refractivity contribution in [2.45, 2.75) is 45.4 Å². The fourth-order valence-electron chi connectivity index (χ4n) is 1.70. The summed E-state index contributed by atoms with van der Waals surface area (Å²) in [6, 6.07) is 0. The second-order valence-corrected chi connectivity index (χ2v) is 4.29. The molecule has 0 aliphatic rings. The molecule has 1 heterocycles. The molecular formula is C12H20N4O3. The number of unbranched alkanes of at least 4 members (excludes halogenated alkanes) is 5. The molecule has 1 aromatic rings. The monoisotopic (exact) mass is 268 g/mol. The van der Waals surface area contributed by atoms with Crippen LogP contribution in [0.1, 0.15) is 45.4 Å². The first-order valence-corrected chi connectivity index (χ1v) is 6.54. The van der Waals surface area contributed by atoms with E-state index in [4.69, 9.17) is 10.5 Å². The predicted octanol–water partition coefficient (Wildman–Crippen LogP) is 2.71. The van der Waals surface area contributed by atoms with Crippen LogP contribution in [0.25, 0.3) is 0 Å². The highest BCUT2D eigenvalue weighted by Crippen LogP contribution is 2.28. The van der Waals surface area contributed by atoms with Crippen molar-refractivity contribution in [1.29, 1.82) is 0 Å². The summed E-state index contributed by atoms with van der Waals surface area (Å²) in [4.78, 5) is 17.5. The zero-order chi connectivity index (χ0) is 14.1. The van der Waals surface area contributed by atoms with Gasteiger partial charge in [0.2, 0.25) is 5.82 Å². The predicted molar refractivity (Wildman–Crippen MR) is 72.0 cm³/mol. The number of nitrogen functional groups attached to an aromatic ring is 1. The molecule has 2 N–H and O–H groups in total. The van der Waals surface area contributed by atoms with Crippen LogP contribution in [0.4, 0.5) is 11.5 Å². The van der Waals surface area contributed by atoms with Gasteiger partial charge in [-0.05, 0) is 6.42 Å². The molecule has 1 rings (SSSR count). The van der Waals surface area contributed by atoms with E-state index in [0.717, 1.165) is 19.3 Å². The lowest BCUT2D eigenvalue weighted by atomic mass is 10.1. The Morgan fingerprint density at radius 3 is 2.63 bits per heavy atom. The van der Waals surface area contributed by atoms with Gasteiger partial charge in [-0.1, -0.05) is 39.0 Å². The number of nitrogens with two attached hydrogens (primary N) is 1. The summed E-state index contributed by atoms with van der Waals surface area (Å²) in [5.74, 6) is -0.219. The molecule has 0 fully saturated rings. The summed E-state index contributed by atoms with van der Waals surface area (Å²) in [6.45, 7) is 2.57. The molecule has 1 aromatic heterocycles. The number of hydrogen-bond acceptors (Lipinski definition) is 6. The largest absolute Gasteiger partial charge is 0.473 e. The molecule has 0 saturated carbocycles. The Kier molecular flexibility index (Phi) is 6.56. The van der Waals surface area contributed by atoms with E-state index in [1.165, 1.54) is 25.6 Å². The number of ether oxygens (including phenoxy) is 1. The van der Waals surface area contributed by atoms with Crippen LogP contribution in [0.3, 0.4) is 0 Å². The standard InChI is InChI=1S/C12H20N4O3/c1-2-3-4-5-6-7-8-19-12-10(16(17)18)11(13)14-9-15-12/h9H,2-8H2,1H3,(H2,13,14,15). The lowest BCUT2D eigenvalue weighted by Crippen LogP contribution is -2.06. The first-order valence-electron chi connectivity index (χ1n) is 6.54. The first kappa shape index (κ1) is 15.1.